The van der Waals surface area contributed by atoms with Crippen LogP contribution in [0.5, 0.6) is 0 Å². The van der Waals surface area contributed by atoms with Crippen molar-refractivity contribution in [3.05, 3.63) is 53.3 Å². The van der Waals surface area contributed by atoms with Crippen LogP contribution in [0.15, 0.2) is 41.6 Å². The summed E-state index contributed by atoms with van der Waals surface area (Å²) in [5, 5.41) is 10.9. The number of aromatic nitrogens is 1. The summed E-state index contributed by atoms with van der Waals surface area (Å²) in [5.41, 5.74) is 3.96. The maximum atomic E-state index is 12.4. The van der Waals surface area contributed by atoms with Gasteiger partial charge >= 0.3 is 0 Å². The number of hydrogen-bond acceptors (Lipinski definition) is 4. The van der Waals surface area contributed by atoms with Crippen LogP contribution in [0.25, 0.3) is 0 Å². The summed E-state index contributed by atoms with van der Waals surface area (Å²) in [4.78, 5) is 17.4. The summed E-state index contributed by atoms with van der Waals surface area (Å²) in [5.74, 6) is 0.779. The lowest BCUT2D eigenvalue weighted by Gasteiger charge is -2.20. The van der Waals surface area contributed by atoms with E-state index in [9.17, 15) is 4.79 Å². The third kappa shape index (κ3) is 2.69. The normalized spacial score (nSPS) is 13.7. The third-order valence-corrected chi connectivity index (χ3v) is 4.74. The molecule has 2 aromatic rings. The van der Waals surface area contributed by atoms with Gasteiger partial charge in [-0.3, -0.25) is 9.78 Å². The number of rotatable bonds is 2. The number of hydrogen-bond donors (Lipinski definition) is 2. The molecule has 0 bridgehead atoms. The van der Waals surface area contributed by atoms with Crippen LogP contribution in [0.3, 0.4) is 0 Å². The Labute approximate surface area is 127 Å². The van der Waals surface area contributed by atoms with Crippen molar-refractivity contribution in [2.24, 2.45) is 0 Å². The van der Waals surface area contributed by atoms with Gasteiger partial charge in [0.15, 0.2) is 0 Å². The molecule has 5 heteroatoms. The van der Waals surface area contributed by atoms with Crippen LogP contribution in [-0.4, -0.2) is 22.4 Å². The van der Waals surface area contributed by atoms with Crippen molar-refractivity contribution < 1.29 is 4.79 Å². The van der Waals surface area contributed by atoms with Gasteiger partial charge in [-0.15, -0.1) is 11.8 Å². The van der Waals surface area contributed by atoms with E-state index in [4.69, 9.17) is 5.41 Å². The molecule has 1 aromatic heterocycles. The summed E-state index contributed by atoms with van der Waals surface area (Å²) in [6, 6.07) is 7.22. The Kier molecular flexibility index (Phi) is 3.75. The Hall–Kier alpha value is -2.14. The number of amides is 1. The van der Waals surface area contributed by atoms with Crippen LogP contribution in [0.2, 0.25) is 0 Å². The minimum absolute atomic E-state index is 0.126. The van der Waals surface area contributed by atoms with E-state index >= 15 is 0 Å². The largest absolute Gasteiger partial charge is 0.322 e. The number of pyridine rings is 1. The SMILES string of the molecule is Cc1c(C(=O)Nc2ccncc2)ccc2c1SCCC2=N. The molecule has 0 saturated carbocycles. The molecule has 4 nitrogen and oxygen atoms in total. The first-order valence-electron chi connectivity index (χ1n) is 6.72. The molecule has 0 aliphatic carbocycles. The first-order chi connectivity index (χ1) is 10.2. The van der Waals surface area contributed by atoms with Crippen LogP contribution < -0.4 is 5.32 Å². The topological polar surface area (TPSA) is 65.8 Å². The van der Waals surface area contributed by atoms with Gasteiger partial charge in [0, 0.05) is 45.6 Å². The zero-order chi connectivity index (χ0) is 14.8. The molecule has 3 rings (SSSR count). The second-order valence-corrected chi connectivity index (χ2v) is 5.99. The zero-order valence-corrected chi connectivity index (χ0v) is 12.5. The highest BCUT2D eigenvalue weighted by Crippen LogP contribution is 2.34. The van der Waals surface area contributed by atoms with E-state index in [1.807, 2.05) is 19.1 Å². The summed E-state index contributed by atoms with van der Waals surface area (Å²) >= 11 is 1.73. The first-order valence-corrected chi connectivity index (χ1v) is 7.71. The van der Waals surface area contributed by atoms with Crippen molar-refractivity contribution in [1.82, 2.24) is 4.98 Å². The molecule has 0 saturated heterocycles. The van der Waals surface area contributed by atoms with Gasteiger partial charge in [0.05, 0.1) is 0 Å². The number of carbonyl (C=O) groups excluding carboxylic acids is 1. The average Bonchev–Trinajstić information content (AvgIpc) is 2.49. The van der Waals surface area contributed by atoms with Gasteiger partial charge in [-0.2, -0.15) is 0 Å². The number of nitrogens with zero attached hydrogens (tertiary/aromatic N) is 1. The minimum atomic E-state index is -0.126. The number of nitrogens with one attached hydrogen (secondary N) is 2. The second-order valence-electron chi connectivity index (χ2n) is 4.88. The van der Waals surface area contributed by atoms with Crippen molar-refractivity contribution >= 4 is 29.1 Å². The Morgan fingerprint density at radius 3 is 2.81 bits per heavy atom. The highest BCUT2D eigenvalue weighted by Gasteiger charge is 2.20. The molecular formula is C16H15N3OS. The van der Waals surface area contributed by atoms with E-state index in [1.165, 1.54) is 0 Å². The molecule has 1 aromatic carbocycles. The van der Waals surface area contributed by atoms with Crippen molar-refractivity contribution in [3.63, 3.8) is 0 Å². The predicted molar refractivity (Wildman–Crippen MR) is 85.5 cm³/mol. The third-order valence-electron chi connectivity index (χ3n) is 3.51. The Bertz CT molecular complexity index is 713. The summed E-state index contributed by atoms with van der Waals surface area (Å²) in [6.07, 6.45) is 4.08. The van der Waals surface area contributed by atoms with Crippen molar-refractivity contribution in [3.8, 4) is 0 Å². The van der Waals surface area contributed by atoms with Gasteiger partial charge in [-0.25, -0.2) is 0 Å². The summed E-state index contributed by atoms with van der Waals surface area (Å²) in [6.45, 7) is 1.95. The van der Waals surface area contributed by atoms with E-state index < -0.39 is 0 Å². The summed E-state index contributed by atoms with van der Waals surface area (Å²) in [7, 11) is 0. The highest BCUT2D eigenvalue weighted by molar-refractivity contribution is 7.99. The van der Waals surface area contributed by atoms with Crippen molar-refractivity contribution in [2.45, 2.75) is 18.2 Å². The molecule has 0 atom stereocenters. The van der Waals surface area contributed by atoms with Gasteiger partial charge in [0.1, 0.15) is 0 Å². The monoisotopic (exact) mass is 297 g/mol. The molecule has 2 N–H and O–H groups in total. The molecule has 21 heavy (non-hydrogen) atoms. The van der Waals surface area contributed by atoms with Crippen molar-refractivity contribution in [2.75, 3.05) is 11.1 Å². The molecule has 1 amide bonds. The zero-order valence-electron chi connectivity index (χ0n) is 11.6. The molecular weight excluding hydrogens is 282 g/mol. The maximum Gasteiger partial charge on any atom is 0.255 e. The Balaban J connectivity index is 1.93. The lowest BCUT2D eigenvalue weighted by molar-refractivity contribution is 0.102. The van der Waals surface area contributed by atoms with Gasteiger partial charge in [-0.1, -0.05) is 6.07 Å². The van der Waals surface area contributed by atoms with Crippen LogP contribution in [0.1, 0.15) is 27.9 Å². The fraction of sp³-hybridized carbons (Fsp3) is 0.188. The standard InChI is InChI=1S/C16H15N3OS/c1-10-12(16(20)19-11-4-7-18-8-5-11)2-3-13-14(17)6-9-21-15(10)13/h2-5,7-8,17H,6,9H2,1H3,(H,18,19,20). The number of thioether (sulfide) groups is 1. The van der Waals surface area contributed by atoms with E-state index in [0.29, 0.717) is 11.3 Å². The quantitative estimate of drug-likeness (QED) is 0.891. The Morgan fingerprint density at radius 2 is 2.05 bits per heavy atom. The number of fused-ring (bicyclic) bond motifs is 1. The fourth-order valence-electron chi connectivity index (χ4n) is 2.38. The number of benzene rings is 1. The van der Waals surface area contributed by atoms with Gasteiger partial charge in [-0.05, 0) is 37.1 Å². The number of anilines is 1. The molecule has 0 radical (unpaired) electrons. The summed E-state index contributed by atoms with van der Waals surface area (Å²) < 4.78 is 0. The average molecular weight is 297 g/mol. The molecule has 0 spiro atoms. The van der Waals surface area contributed by atoms with E-state index in [-0.39, 0.29) is 5.91 Å². The van der Waals surface area contributed by atoms with Gasteiger partial charge < -0.3 is 10.7 Å². The predicted octanol–water partition coefficient (Wildman–Crippen LogP) is 3.51. The molecule has 1 aliphatic heterocycles. The van der Waals surface area contributed by atoms with Crippen LogP contribution in [-0.2, 0) is 0 Å². The molecule has 0 fully saturated rings. The molecule has 106 valence electrons. The first kappa shape index (κ1) is 13.8. The maximum absolute atomic E-state index is 12.4. The highest BCUT2D eigenvalue weighted by atomic mass is 32.2. The smallest absolute Gasteiger partial charge is 0.255 e. The van der Waals surface area contributed by atoms with E-state index in [1.54, 1.807) is 36.3 Å². The second kappa shape index (κ2) is 5.69. The van der Waals surface area contributed by atoms with Crippen molar-refractivity contribution in [1.29, 1.82) is 5.41 Å². The fourth-order valence-corrected chi connectivity index (χ4v) is 3.57. The molecule has 0 unspecified atom stereocenters. The van der Waals surface area contributed by atoms with Gasteiger partial charge in [0.25, 0.3) is 5.91 Å². The van der Waals surface area contributed by atoms with Crippen LogP contribution in [0, 0.1) is 12.3 Å². The van der Waals surface area contributed by atoms with Gasteiger partial charge in [0.2, 0.25) is 0 Å². The Morgan fingerprint density at radius 1 is 1.29 bits per heavy atom. The number of carbonyl (C=O) groups is 1. The van der Waals surface area contributed by atoms with Crippen LogP contribution in [0.4, 0.5) is 5.69 Å². The van der Waals surface area contributed by atoms with E-state index in [2.05, 4.69) is 10.3 Å². The minimum Gasteiger partial charge on any atom is -0.322 e. The molecule has 1 aliphatic rings. The van der Waals surface area contributed by atoms with Crippen LogP contribution >= 0.6 is 11.8 Å². The van der Waals surface area contributed by atoms with E-state index in [0.717, 1.165) is 33.9 Å². The lowest BCUT2D eigenvalue weighted by atomic mass is 10.00. The lowest BCUT2D eigenvalue weighted by Crippen LogP contribution is -2.16. The molecule has 2 heterocycles.